The number of rotatable bonds is 22. The van der Waals surface area contributed by atoms with Crippen LogP contribution < -0.4 is 20.7 Å². The molecule has 0 aromatic heterocycles. The Hall–Kier alpha value is -4.09. The maximum atomic E-state index is 14.0. The normalized spacial score (nSPS) is 13.4. The number of halogens is 12. The molecule has 0 saturated heterocycles. The first kappa shape index (κ1) is 51.5. The van der Waals surface area contributed by atoms with Gasteiger partial charge in [0.15, 0.2) is 0 Å². The summed E-state index contributed by atoms with van der Waals surface area (Å²) in [6.07, 6.45) is -3.42. The first-order chi connectivity index (χ1) is 29.7. The van der Waals surface area contributed by atoms with E-state index >= 15 is 0 Å². The van der Waals surface area contributed by atoms with Crippen LogP contribution in [0, 0.1) is 0 Å². The van der Waals surface area contributed by atoms with E-state index in [9.17, 15) is 52.7 Å². The molecule has 0 aliphatic heterocycles. The smallest absolute Gasteiger partial charge is 0.416 e. The highest BCUT2D eigenvalue weighted by Gasteiger charge is 2.49. The van der Waals surface area contributed by atoms with E-state index in [1.807, 2.05) is 0 Å². The molecule has 0 spiro atoms. The van der Waals surface area contributed by atoms with Gasteiger partial charge in [-0.1, -0.05) is 199 Å². The van der Waals surface area contributed by atoms with Crippen LogP contribution in [0.5, 0.6) is 0 Å². The van der Waals surface area contributed by atoms with Gasteiger partial charge in [-0.05, 0) is 46.4 Å². The van der Waals surface area contributed by atoms with Crippen molar-refractivity contribution in [3.05, 3.63) is 143 Å². The van der Waals surface area contributed by atoms with E-state index in [-0.39, 0.29) is 20.7 Å². The van der Waals surface area contributed by atoms with E-state index < -0.39 is 63.6 Å². The number of benzene rings is 4. The maximum Gasteiger partial charge on any atom is 0.416 e. The van der Waals surface area contributed by atoms with Crippen LogP contribution in [-0.4, -0.2) is 16.6 Å². The second kappa shape index (κ2) is 22.7. The molecule has 344 valence electrons. The maximum absolute atomic E-state index is 14.0. The van der Waals surface area contributed by atoms with Gasteiger partial charge in [-0.25, -0.2) is 0 Å². The Morgan fingerprint density at radius 3 is 0.794 bits per heavy atom. The Bertz CT molecular complexity index is 1750. The van der Waals surface area contributed by atoms with Gasteiger partial charge < -0.3 is 4.12 Å². The fourth-order valence-electron chi connectivity index (χ4n) is 7.49. The van der Waals surface area contributed by atoms with Crippen LogP contribution in [0.1, 0.15) is 126 Å². The van der Waals surface area contributed by atoms with Crippen molar-refractivity contribution in [3.8, 4) is 0 Å². The largest absolute Gasteiger partial charge is 0.436 e. The zero-order chi connectivity index (χ0) is 46.4. The summed E-state index contributed by atoms with van der Waals surface area (Å²) in [5.41, 5.74) is -0.671. The molecule has 0 N–H and O–H groups in total. The van der Waals surface area contributed by atoms with Crippen molar-refractivity contribution >= 4 is 37.4 Å². The first-order valence-electron chi connectivity index (χ1n) is 21.4. The predicted molar refractivity (Wildman–Crippen MR) is 231 cm³/mol. The fraction of sp³-hybridized carbons (Fsp3) is 0.417. The summed E-state index contributed by atoms with van der Waals surface area (Å²) < 4.78 is 176. The van der Waals surface area contributed by atoms with Crippen molar-refractivity contribution in [3.63, 3.8) is 0 Å². The Kier molecular flexibility index (Phi) is 18.6. The molecule has 4 aromatic carbocycles. The minimum absolute atomic E-state index is 0.175. The number of hydrogen-bond donors (Lipinski definition) is 0. The Morgan fingerprint density at radius 2 is 0.571 bits per heavy atom. The minimum atomic E-state index is -4.76. The van der Waals surface area contributed by atoms with Crippen molar-refractivity contribution in [1.29, 1.82) is 0 Å². The Morgan fingerprint density at radius 1 is 0.349 bits per heavy atom. The van der Waals surface area contributed by atoms with E-state index in [1.54, 1.807) is 23.6 Å². The Labute approximate surface area is 364 Å². The quantitative estimate of drug-likeness (QED) is 0.0433. The third kappa shape index (κ3) is 14.5. The molecule has 0 unspecified atom stereocenters. The van der Waals surface area contributed by atoms with Gasteiger partial charge in [-0.15, -0.1) is 0 Å². The molecule has 0 amide bonds. The zero-order valence-electron chi connectivity index (χ0n) is 35.4. The molecule has 0 saturated carbocycles. The SMILES string of the molecule is CCCCCCCC/C=C/[Si](O[Si](/C=C/CCCCCCCC)(c1ccc(C(F)(F)F)cc1)c1ccc(C(F)(F)F)cc1)(c1ccc(C(F)(F)F)cc1)c1ccc(C(F)(F)F)cc1. The Balaban J connectivity index is 2.09. The van der Waals surface area contributed by atoms with E-state index in [1.165, 1.54) is 48.5 Å². The van der Waals surface area contributed by atoms with Gasteiger partial charge in [0, 0.05) is 0 Å². The van der Waals surface area contributed by atoms with Crippen molar-refractivity contribution in [2.45, 2.75) is 128 Å². The molecule has 1 nitrogen and oxygen atoms in total. The average Bonchev–Trinajstić information content (AvgIpc) is 3.23. The highest BCUT2D eigenvalue weighted by atomic mass is 28.4. The van der Waals surface area contributed by atoms with Gasteiger partial charge in [-0.2, -0.15) is 52.7 Å². The van der Waals surface area contributed by atoms with Crippen LogP contribution >= 0.6 is 0 Å². The second-order valence-electron chi connectivity index (χ2n) is 15.8. The highest BCUT2D eigenvalue weighted by Crippen LogP contribution is 2.33. The van der Waals surface area contributed by atoms with Crippen LogP contribution in [0.2, 0.25) is 0 Å². The lowest BCUT2D eigenvalue weighted by Gasteiger charge is -2.41. The van der Waals surface area contributed by atoms with Gasteiger partial charge in [0.2, 0.25) is 0 Å². The number of hydrogen-bond acceptors (Lipinski definition) is 1. The molecule has 0 bridgehead atoms. The van der Waals surface area contributed by atoms with Crippen molar-refractivity contribution in [2.24, 2.45) is 0 Å². The summed E-state index contributed by atoms with van der Waals surface area (Å²) in [5, 5.41) is 0.702. The summed E-state index contributed by atoms with van der Waals surface area (Å²) in [5.74, 6) is 0. The molecule has 4 rings (SSSR count). The molecular formula is C48H54F12OSi2. The molecule has 4 aromatic rings. The van der Waals surface area contributed by atoms with Gasteiger partial charge in [0.1, 0.15) is 0 Å². The average molecular weight is 931 g/mol. The van der Waals surface area contributed by atoms with Gasteiger partial charge in [-0.3, -0.25) is 0 Å². The summed E-state index contributed by atoms with van der Waals surface area (Å²) in [6, 6.07) is 16.2. The number of allylic oxidation sites excluding steroid dienone is 2. The van der Waals surface area contributed by atoms with Gasteiger partial charge >= 0.3 is 24.7 Å². The van der Waals surface area contributed by atoms with E-state index in [0.29, 0.717) is 25.7 Å². The van der Waals surface area contributed by atoms with E-state index in [4.69, 9.17) is 4.12 Å². The molecule has 0 radical (unpaired) electrons. The van der Waals surface area contributed by atoms with E-state index in [2.05, 4.69) is 13.8 Å². The number of unbranched alkanes of at least 4 members (excludes halogenated alkanes) is 12. The van der Waals surface area contributed by atoms with Gasteiger partial charge in [0.05, 0.1) is 22.3 Å². The van der Waals surface area contributed by atoms with E-state index in [0.717, 1.165) is 113 Å². The summed E-state index contributed by atoms with van der Waals surface area (Å²) >= 11 is 0. The summed E-state index contributed by atoms with van der Waals surface area (Å²) in [4.78, 5) is 0. The van der Waals surface area contributed by atoms with Crippen molar-refractivity contribution in [1.82, 2.24) is 0 Å². The highest BCUT2D eigenvalue weighted by molar-refractivity contribution is 7.12. The van der Waals surface area contributed by atoms with Gasteiger partial charge in [0.25, 0.3) is 16.6 Å². The summed E-state index contributed by atoms with van der Waals surface area (Å²) in [7, 11) is -8.67. The molecule has 0 aliphatic carbocycles. The second-order valence-corrected chi connectivity index (χ2v) is 22.5. The topological polar surface area (TPSA) is 9.23 Å². The zero-order valence-corrected chi connectivity index (χ0v) is 37.4. The molecule has 63 heavy (non-hydrogen) atoms. The standard InChI is InChI=1S/C48H54F12OSi2/c1-3-5-7-9-11-13-15-17-35-62(41-27-19-37(20-28-41)45(49,50)51,42-29-21-38(22-30-42)46(52,53)54)61-63(36-18-16-14-12-10-8-6-4-2,43-31-23-39(24-32-43)47(55,56)57)44-33-25-40(26-34-44)48(58,59)60/h17-36H,3-16H2,1-2H3/b35-17+,36-18+. The summed E-state index contributed by atoms with van der Waals surface area (Å²) in [6.45, 7) is 4.16. The van der Waals surface area contributed by atoms with Crippen LogP contribution in [0.3, 0.4) is 0 Å². The third-order valence-electron chi connectivity index (χ3n) is 11.0. The van der Waals surface area contributed by atoms with Crippen LogP contribution in [-0.2, 0) is 28.8 Å². The van der Waals surface area contributed by atoms with Crippen LogP contribution in [0.4, 0.5) is 52.7 Å². The molecule has 0 heterocycles. The molecule has 15 heteroatoms. The fourth-order valence-corrected chi connectivity index (χ4v) is 17.0. The third-order valence-corrected chi connectivity index (χ3v) is 19.8. The van der Waals surface area contributed by atoms with Crippen molar-refractivity contribution < 1.29 is 56.8 Å². The molecular weight excluding hydrogens is 877 g/mol. The molecule has 0 atom stereocenters. The molecule has 0 fully saturated rings. The van der Waals surface area contributed by atoms with Crippen molar-refractivity contribution in [2.75, 3.05) is 0 Å². The minimum Gasteiger partial charge on any atom is -0.436 e. The van der Waals surface area contributed by atoms with Crippen LogP contribution in [0.25, 0.3) is 0 Å². The first-order valence-corrected chi connectivity index (χ1v) is 25.4. The lowest BCUT2D eigenvalue weighted by Crippen LogP contribution is -2.72. The lowest BCUT2D eigenvalue weighted by atomic mass is 10.1. The lowest BCUT2D eigenvalue weighted by molar-refractivity contribution is -0.138. The predicted octanol–water partition coefficient (Wildman–Crippen LogP) is 14.3. The van der Waals surface area contributed by atoms with Crippen LogP contribution in [0.15, 0.2) is 121 Å². The molecule has 0 aliphatic rings. The number of alkyl halides is 12. The monoisotopic (exact) mass is 930 g/mol.